The number of thiazole rings is 1. The zero-order valence-electron chi connectivity index (χ0n) is 10.8. The minimum Gasteiger partial charge on any atom is -0.463 e. The van der Waals surface area contributed by atoms with E-state index in [4.69, 9.17) is 4.42 Å². The molecule has 0 atom stereocenters. The molecule has 0 spiro atoms. The van der Waals surface area contributed by atoms with Crippen LogP contribution in [0.25, 0.3) is 23.1 Å². The van der Waals surface area contributed by atoms with Gasteiger partial charge in [0.05, 0.1) is 11.8 Å². The molecular formula is C16H9BrN2OS. The van der Waals surface area contributed by atoms with Crippen molar-refractivity contribution >= 4 is 38.9 Å². The van der Waals surface area contributed by atoms with Crippen molar-refractivity contribution in [3.63, 3.8) is 0 Å². The van der Waals surface area contributed by atoms with Crippen LogP contribution in [0.15, 0.2) is 56.9 Å². The normalized spacial score (nSPS) is 11.3. The Bertz CT molecular complexity index is 811. The van der Waals surface area contributed by atoms with Crippen molar-refractivity contribution in [3.8, 4) is 17.5 Å². The monoisotopic (exact) mass is 356 g/mol. The van der Waals surface area contributed by atoms with Gasteiger partial charge in [0.25, 0.3) is 0 Å². The summed E-state index contributed by atoms with van der Waals surface area (Å²) in [6, 6.07) is 13.7. The Kier molecular flexibility index (Phi) is 4.00. The summed E-state index contributed by atoms with van der Waals surface area (Å²) in [5.41, 5.74) is 2.25. The van der Waals surface area contributed by atoms with Gasteiger partial charge in [-0.25, -0.2) is 4.98 Å². The van der Waals surface area contributed by atoms with Gasteiger partial charge < -0.3 is 4.42 Å². The van der Waals surface area contributed by atoms with Crippen molar-refractivity contribution in [2.75, 3.05) is 0 Å². The standard InChI is InChI=1S/C16H9BrN2OS/c17-13-5-3-11(4-6-13)8-12(9-18)16-19-14(10-21-16)15-2-1-7-20-15/h1-8,10H/b12-8+. The Hall–Kier alpha value is -2.16. The van der Waals surface area contributed by atoms with Crippen LogP contribution < -0.4 is 0 Å². The van der Waals surface area contributed by atoms with Gasteiger partial charge >= 0.3 is 0 Å². The molecule has 0 unspecified atom stereocenters. The first-order chi connectivity index (χ1) is 10.3. The first kappa shape index (κ1) is 13.8. The second-order valence-corrected chi connectivity index (χ2v) is 6.01. The lowest BCUT2D eigenvalue weighted by molar-refractivity contribution is 0.580. The highest BCUT2D eigenvalue weighted by Crippen LogP contribution is 2.27. The molecule has 0 aliphatic carbocycles. The molecule has 0 N–H and O–H groups in total. The predicted molar refractivity (Wildman–Crippen MR) is 87.4 cm³/mol. The Labute approximate surface area is 134 Å². The number of hydrogen-bond acceptors (Lipinski definition) is 4. The molecule has 3 aromatic rings. The van der Waals surface area contributed by atoms with Crippen LogP contribution in [0.1, 0.15) is 10.6 Å². The number of allylic oxidation sites excluding steroid dienone is 1. The molecule has 21 heavy (non-hydrogen) atoms. The van der Waals surface area contributed by atoms with Crippen LogP contribution in [0.5, 0.6) is 0 Å². The molecule has 0 aliphatic heterocycles. The smallest absolute Gasteiger partial charge is 0.153 e. The van der Waals surface area contributed by atoms with Crippen LogP contribution >= 0.6 is 27.3 Å². The summed E-state index contributed by atoms with van der Waals surface area (Å²) in [4.78, 5) is 4.46. The number of furan rings is 1. The molecule has 1 aromatic carbocycles. The highest BCUT2D eigenvalue weighted by molar-refractivity contribution is 9.10. The number of halogens is 1. The summed E-state index contributed by atoms with van der Waals surface area (Å²) in [6.07, 6.45) is 3.44. The van der Waals surface area contributed by atoms with E-state index in [1.54, 1.807) is 6.26 Å². The fraction of sp³-hybridized carbons (Fsp3) is 0. The number of rotatable bonds is 3. The highest BCUT2D eigenvalue weighted by Gasteiger charge is 2.10. The van der Waals surface area contributed by atoms with E-state index in [0.29, 0.717) is 16.3 Å². The molecule has 0 radical (unpaired) electrons. The topological polar surface area (TPSA) is 49.8 Å². The van der Waals surface area contributed by atoms with Gasteiger partial charge in [-0.05, 0) is 35.9 Å². The molecule has 0 aliphatic rings. The summed E-state index contributed by atoms with van der Waals surface area (Å²) in [5, 5.41) is 11.9. The minimum absolute atomic E-state index is 0.542. The third-order valence-corrected chi connectivity index (χ3v) is 4.21. The Morgan fingerprint density at radius 2 is 2.10 bits per heavy atom. The first-order valence-corrected chi connectivity index (χ1v) is 7.80. The van der Waals surface area contributed by atoms with Crippen molar-refractivity contribution in [2.24, 2.45) is 0 Å². The molecule has 5 heteroatoms. The lowest BCUT2D eigenvalue weighted by atomic mass is 10.1. The van der Waals surface area contributed by atoms with Crippen molar-refractivity contribution in [2.45, 2.75) is 0 Å². The van der Waals surface area contributed by atoms with E-state index in [2.05, 4.69) is 27.0 Å². The number of hydrogen-bond donors (Lipinski definition) is 0. The van der Waals surface area contributed by atoms with Gasteiger partial charge in [-0.15, -0.1) is 11.3 Å². The number of benzene rings is 1. The van der Waals surface area contributed by atoms with E-state index in [-0.39, 0.29) is 0 Å². The van der Waals surface area contributed by atoms with Gasteiger partial charge in [-0.3, -0.25) is 0 Å². The molecule has 0 bridgehead atoms. The highest BCUT2D eigenvalue weighted by atomic mass is 79.9. The SMILES string of the molecule is N#C/C(=C\c1ccc(Br)cc1)c1nc(-c2ccco2)cs1. The summed E-state index contributed by atoms with van der Waals surface area (Å²) >= 11 is 4.82. The van der Waals surface area contributed by atoms with E-state index in [9.17, 15) is 5.26 Å². The van der Waals surface area contributed by atoms with Gasteiger partial charge in [0.15, 0.2) is 5.76 Å². The Morgan fingerprint density at radius 3 is 2.76 bits per heavy atom. The average Bonchev–Trinajstić information content (AvgIpc) is 3.17. The number of nitrogens with zero attached hydrogens (tertiary/aromatic N) is 2. The van der Waals surface area contributed by atoms with Crippen LogP contribution in [0.3, 0.4) is 0 Å². The third kappa shape index (κ3) is 3.13. The molecular weight excluding hydrogens is 348 g/mol. The largest absolute Gasteiger partial charge is 0.463 e. The number of nitriles is 1. The molecule has 0 saturated heterocycles. The molecule has 3 nitrogen and oxygen atoms in total. The van der Waals surface area contributed by atoms with Crippen molar-refractivity contribution in [1.29, 1.82) is 5.26 Å². The van der Waals surface area contributed by atoms with Crippen molar-refractivity contribution < 1.29 is 4.42 Å². The van der Waals surface area contributed by atoms with E-state index in [0.717, 1.165) is 15.7 Å². The van der Waals surface area contributed by atoms with Crippen LogP contribution in [-0.4, -0.2) is 4.98 Å². The number of aromatic nitrogens is 1. The summed E-state index contributed by atoms with van der Waals surface area (Å²) in [7, 11) is 0. The first-order valence-electron chi connectivity index (χ1n) is 6.13. The predicted octanol–water partition coefficient (Wildman–Crippen LogP) is 5.23. The second-order valence-electron chi connectivity index (χ2n) is 4.24. The maximum atomic E-state index is 9.35. The molecule has 3 rings (SSSR count). The van der Waals surface area contributed by atoms with Gasteiger partial charge in [-0.1, -0.05) is 28.1 Å². The van der Waals surface area contributed by atoms with Crippen LogP contribution in [0.4, 0.5) is 0 Å². The van der Waals surface area contributed by atoms with Gasteiger partial charge in [-0.2, -0.15) is 5.26 Å². The summed E-state index contributed by atoms with van der Waals surface area (Å²) < 4.78 is 6.32. The Balaban J connectivity index is 1.94. The van der Waals surface area contributed by atoms with Crippen molar-refractivity contribution in [1.82, 2.24) is 4.98 Å². The van der Waals surface area contributed by atoms with Gasteiger partial charge in [0.1, 0.15) is 16.8 Å². The molecule has 2 heterocycles. The van der Waals surface area contributed by atoms with Crippen LogP contribution in [0.2, 0.25) is 0 Å². The van der Waals surface area contributed by atoms with Gasteiger partial charge in [0, 0.05) is 9.85 Å². The molecule has 0 fully saturated rings. The fourth-order valence-electron chi connectivity index (χ4n) is 1.80. The maximum Gasteiger partial charge on any atom is 0.153 e. The zero-order valence-corrected chi connectivity index (χ0v) is 13.2. The lowest BCUT2D eigenvalue weighted by Gasteiger charge is -1.96. The van der Waals surface area contributed by atoms with E-state index in [1.165, 1.54) is 11.3 Å². The van der Waals surface area contributed by atoms with Gasteiger partial charge in [0.2, 0.25) is 0 Å². The fourth-order valence-corrected chi connectivity index (χ4v) is 2.84. The molecule has 2 aromatic heterocycles. The molecule has 0 amide bonds. The summed E-state index contributed by atoms with van der Waals surface area (Å²) in [6.45, 7) is 0. The van der Waals surface area contributed by atoms with E-state index < -0.39 is 0 Å². The summed E-state index contributed by atoms with van der Waals surface area (Å²) in [5.74, 6) is 0.707. The quantitative estimate of drug-likeness (QED) is 0.603. The second kappa shape index (κ2) is 6.08. The van der Waals surface area contributed by atoms with E-state index in [1.807, 2.05) is 47.9 Å². The van der Waals surface area contributed by atoms with Crippen LogP contribution in [0, 0.1) is 11.3 Å². The average molecular weight is 357 g/mol. The Morgan fingerprint density at radius 1 is 1.29 bits per heavy atom. The molecule has 102 valence electrons. The maximum absolute atomic E-state index is 9.35. The minimum atomic E-state index is 0.542. The van der Waals surface area contributed by atoms with Crippen LogP contribution in [-0.2, 0) is 0 Å². The van der Waals surface area contributed by atoms with Crippen molar-refractivity contribution in [3.05, 3.63) is 63.1 Å². The van der Waals surface area contributed by atoms with E-state index >= 15 is 0 Å². The zero-order chi connectivity index (χ0) is 14.7. The lowest BCUT2D eigenvalue weighted by Crippen LogP contribution is -1.82. The molecule has 0 saturated carbocycles. The third-order valence-electron chi connectivity index (χ3n) is 2.81.